The second kappa shape index (κ2) is 3.84. The molecule has 3 nitrogen and oxygen atoms in total. The summed E-state index contributed by atoms with van der Waals surface area (Å²) in [6.07, 6.45) is 0.677. The lowest BCUT2D eigenvalue weighted by Crippen LogP contribution is -1.87. The topological polar surface area (TPSA) is 35.5 Å². The molecule has 1 atom stereocenters. The van der Waals surface area contributed by atoms with E-state index in [1.54, 1.807) is 0 Å². The van der Waals surface area contributed by atoms with Crippen LogP contribution in [0.5, 0.6) is 0 Å². The van der Waals surface area contributed by atoms with E-state index in [9.17, 15) is 4.21 Å². The second-order valence-corrected chi connectivity index (χ2v) is 3.58. The zero-order valence-corrected chi connectivity index (χ0v) is 8.54. The SMILES string of the molecule is CCC1=C(c2ccccc2)OS(=O)O1. The zero-order valence-electron chi connectivity index (χ0n) is 7.73. The summed E-state index contributed by atoms with van der Waals surface area (Å²) in [5, 5.41) is 0. The van der Waals surface area contributed by atoms with Crippen LogP contribution >= 0.6 is 0 Å². The number of allylic oxidation sites excluding steroid dienone is 1. The van der Waals surface area contributed by atoms with E-state index in [0.29, 0.717) is 17.9 Å². The van der Waals surface area contributed by atoms with Crippen molar-refractivity contribution in [2.75, 3.05) is 0 Å². The highest BCUT2D eigenvalue weighted by molar-refractivity contribution is 7.75. The fourth-order valence-corrected chi connectivity index (χ4v) is 1.99. The first-order valence-electron chi connectivity index (χ1n) is 4.38. The van der Waals surface area contributed by atoms with Gasteiger partial charge >= 0.3 is 11.4 Å². The van der Waals surface area contributed by atoms with Crippen LogP contribution < -0.4 is 0 Å². The van der Waals surface area contributed by atoms with E-state index < -0.39 is 11.4 Å². The molecule has 1 aliphatic rings. The van der Waals surface area contributed by atoms with Crippen molar-refractivity contribution in [2.24, 2.45) is 0 Å². The van der Waals surface area contributed by atoms with E-state index in [1.807, 2.05) is 37.3 Å². The van der Waals surface area contributed by atoms with Crippen LogP contribution in [0.2, 0.25) is 0 Å². The lowest BCUT2D eigenvalue weighted by molar-refractivity contribution is 0.425. The third kappa shape index (κ3) is 1.65. The molecular weight excluding hydrogens is 200 g/mol. The lowest BCUT2D eigenvalue weighted by atomic mass is 10.1. The number of hydrogen-bond acceptors (Lipinski definition) is 3. The zero-order chi connectivity index (χ0) is 9.97. The van der Waals surface area contributed by atoms with Gasteiger partial charge < -0.3 is 8.37 Å². The van der Waals surface area contributed by atoms with Gasteiger partial charge in [0.1, 0.15) is 0 Å². The Morgan fingerprint density at radius 3 is 2.57 bits per heavy atom. The van der Waals surface area contributed by atoms with Crippen molar-refractivity contribution < 1.29 is 12.6 Å². The molecule has 0 saturated heterocycles. The minimum Gasteiger partial charge on any atom is -0.372 e. The minimum absolute atomic E-state index is 0.589. The fourth-order valence-electron chi connectivity index (χ4n) is 1.27. The smallest absolute Gasteiger partial charge is 0.372 e. The first-order chi connectivity index (χ1) is 6.81. The molecule has 1 aromatic carbocycles. The molecule has 0 aliphatic carbocycles. The molecule has 0 fully saturated rings. The molecular formula is C10H10O3S. The van der Waals surface area contributed by atoms with Gasteiger partial charge in [-0.1, -0.05) is 37.3 Å². The molecule has 0 spiro atoms. The van der Waals surface area contributed by atoms with E-state index in [1.165, 1.54) is 0 Å². The van der Waals surface area contributed by atoms with Gasteiger partial charge in [0.2, 0.25) is 0 Å². The molecule has 1 heterocycles. The summed E-state index contributed by atoms with van der Waals surface area (Å²) in [6, 6.07) is 9.52. The maximum atomic E-state index is 11.0. The van der Waals surface area contributed by atoms with Crippen molar-refractivity contribution in [1.82, 2.24) is 0 Å². The van der Waals surface area contributed by atoms with Crippen LogP contribution in [0, 0.1) is 0 Å². The summed E-state index contributed by atoms with van der Waals surface area (Å²) < 4.78 is 21.1. The van der Waals surface area contributed by atoms with Crippen LogP contribution in [0.15, 0.2) is 36.1 Å². The number of hydrogen-bond donors (Lipinski definition) is 0. The van der Waals surface area contributed by atoms with E-state index in [0.717, 1.165) is 5.56 Å². The average molecular weight is 210 g/mol. The standard InChI is InChI=1S/C10H10O3S/c1-2-9-10(13-14(11)12-9)8-6-4-3-5-7-8/h3-7H,2H2,1H3. The van der Waals surface area contributed by atoms with Crippen LogP contribution in [-0.2, 0) is 19.7 Å². The fraction of sp³-hybridized carbons (Fsp3) is 0.200. The third-order valence-corrected chi connectivity index (χ3v) is 2.57. The molecule has 4 heteroatoms. The van der Waals surface area contributed by atoms with E-state index in [2.05, 4.69) is 0 Å². The van der Waals surface area contributed by atoms with Crippen LogP contribution in [-0.4, -0.2) is 4.21 Å². The van der Waals surface area contributed by atoms with Gasteiger partial charge in [0.25, 0.3) is 0 Å². The Kier molecular flexibility index (Phi) is 2.54. The van der Waals surface area contributed by atoms with Gasteiger partial charge in [-0.3, -0.25) is 0 Å². The summed E-state index contributed by atoms with van der Waals surface area (Å²) in [5.74, 6) is 1.24. The highest BCUT2D eigenvalue weighted by atomic mass is 32.2. The van der Waals surface area contributed by atoms with Crippen LogP contribution in [0.25, 0.3) is 5.76 Å². The first kappa shape index (κ1) is 9.27. The maximum Gasteiger partial charge on any atom is 0.417 e. The van der Waals surface area contributed by atoms with Gasteiger partial charge in [-0.25, -0.2) is 0 Å². The van der Waals surface area contributed by atoms with Gasteiger partial charge in [-0.2, -0.15) is 4.21 Å². The van der Waals surface area contributed by atoms with Crippen LogP contribution in [0.1, 0.15) is 18.9 Å². The molecule has 0 saturated carbocycles. The number of benzene rings is 1. The quantitative estimate of drug-likeness (QED) is 0.751. The third-order valence-electron chi connectivity index (χ3n) is 1.93. The molecule has 0 N–H and O–H groups in total. The van der Waals surface area contributed by atoms with Crippen LogP contribution in [0.4, 0.5) is 0 Å². The Bertz CT molecular complexity index is 384. The highest BCUT2D eigenvalue weighted by Gasteiger charge is 2.24. The molecule has 0 bridgehead atoms. The van der Waals surface area contributed by atoms with Crippen molar-refractivity contribution in [2.45, 2.75) is 13.3 Å². The summed E-state index contributed by atoms with van der Waals surface area (Å²) >= 11 is -1.66. The monoisotopic (exact) mass is 210 g/mol. The molecule has 0 aromatic heterocycles. The highest BCUT2D eigenvalue weighted by Crippen LogP contribution is 2.30. The van der Waals surface area contributed by atoms with Crippen molar-refractivity contribution in [3.63, 3.8) is 0 Å². The van der Waals surface area contributed by atoms with Crippen molar-refractivity contribution >= 4 is 17.1 Å². The molecule has 1 unspecified atom stereocenters. The largest absolute Gasteiger partial charge is 0.417 e. The summed E-state index contributed by atoms with van der Waals surface area (Å²) in [7, 11) is 0. The minimum atomic E-state index is -1.66. The van der Waals surface area contributed by atoms with Gasteiger partial charge in [0.05, 0.1) is 0 Å². The van der Waals surface area contributed by atoms with Gasteiger partial charge in [-0.15, -0.1) is 0 Å². The van der Waals surface area contributed by atoms with E-state index in [4.69, 9.17) is 8.37 Å². The predicted octanol–water partition coefficient (Wildman–Crippen LogP) is 2.39. The van der Waals surface area contributed by atoms with Crippen LogP contribution in [0.3, 0.4) is 0 Å². The summed E-state index contributed by atoms with van der Waals surface area (Å²) in [5.41, 5.74) is 0.898. The lowest BCUT2D eigenvalue weighted by Gasteiger charge is -1.99. The first-order valence-corrected chi connectivity index (χ1v) is 5.38. The van der Waals surface area contributed by atoms with Crippen molar-refractivity contribution in [1.29, 1.82) is 0 Å². The Labute approximate surface area is 85.2 Å². The molecule has 1 aromatic rings. The molecule has 0 amide bonds. The molecule has 0 radical (unpaired) electrons. The molecule has 14 heavy (non-hydrogen) atoms. The Hall–Kier alpha value is -1.29. The molecule has 74 valence electrons. The normalized spacial score (nSPS) is 20.5. The van der Waals surface area contributed by atoms with Gasteiger partial charge in [0, 0.05) is 12.0 Å². The Balaban J connectivity index is 2.38. The average Bonchev–Trinajstić information content (AvgIpc) is 2.61. The van der Waals surface area contributed by atoms with Gasteiger partial charge in [0.15, 0.2) is 11.5 Å². The number of rotatable bonds is 2. The second-order valence-electron chi connectivity index (χ2n) is 2.84. The Morgan fingerprint density at radius 1 is 1.21 bits per heavy atom. The Morgan fingerprint density at radius 2 is 1.93 bits per heavy atom. The van der Waals surface area contributed by atoms with Gasteiger partial charge in [-0.05, 0) is 0 Å². The van der Waals surface area contributed by atoms with E-state index >= 15 is 0 Å². The van der Waals surface area contributed by atoms with Crippen molar-refractivity contribution in [3.05, 3.63) is 41.7 Å². The molecule has 1 aliphatic heterocycles. The van der Waals surface area contributed by atoms with Crippen molar-refractivity contribution in [3.8, 4) is 0 Å². The summed E-state index contributed by atoms with van der Waals surface area (Å²) in [6.45, 7) is 1.93. The predicted molar refractivity (Wildman–Crippen MR) is 54.0 cm³/mol. The van der Waals surface area contributed by atoms with E-state index in [-0.39, 0.29) is 0 Å². The maximum absolute atomic E-state index is 11.0. The molecule has 2 rings (SSSR count). The summed E-state index contributed by atoms with van der Waals surface area (Å²) in [4.78, 5) is 0.